The van der Waals surface area contributed by atoms with Crippen LogP contribution in [0.2, 0.25) is 0 Å². The standard InChI is InChI=1S/C23H21Br2N3O5S/c1-31-10-11-32-18-8-7-15(12-17(18)24)22(30)26-23(34)28-27-20(29)13-33-19-9-6-14-4-2-3-5-16(14)21(19)25/h2-9,12H,10-11,13H2,1H3,(H,27,29)(H2,26,28,30,34). The minimum atomic E-state index is -0.475. The third-order valence-corrected chi connectivity index (χ3v) is 6.11. The van der Waals surface area contributed by atoms with E-state index in [1.54, 1.807) is 31.4 Å². The van der Waals surface area contributed by atoms with Crippen LogP contribution in [-0.4, -0.2) is 43.9 Å². The number of amides is 2. The Morgan fingerprint density at radius 3 is 2.47 bits per heavy atom. The summed E-state index contributed by atoms with van der Waals surface area (Å²) in [5, 5.41) is 4.45. The molecule has 0 aromatic heterocycles. The normalized spacial score (nSPS) is 10.4. The molecule has 0 atom stereocenters. The second-order valence-electron chi connectivity index (χ2n) is 6.83. The molecule has 3 aromatic rings. The molecule has 0 saturated heterocycles. The van der Waals surface area contributed by atoms with E-state index < -0.39 is 11.8 Å². The smallest absolute Gasteiger partial charge is 0.276 e. The predicted octanol–water partition coefficient (Wildman–Crippen LogP) is 4.10. The summed E-state index contributed by atoms with van der Waals surface area (Å²) in [6.07, 6.45) is 0. The van der Waals surface area contributed by atoms with Crippen LogP contribution in [0.15, 0.2) is 63.5 Å². The molecule has 34 heavy (non-hydrogen) atoms. The van der Waals surface area contributed by atoms with Crippen LogP contribution in [0.25, 0.3) is 10.8 Å². The number of halogens is 2. The van der Waals surface area contributed by atoms with Gasteiger partial charge in [-0.2, -0.15) is 0 Å². The molecule has 0 aliphatic rings. The molecule has 0 unspecified atom stereocenters. The van der Waals surface area contributed by atoms with Crippen LogP contribution in [0.3, 0.4) is 0 Å². The van der Waals surface area contributed by atoms with Gasteiger partial charge in [-0.15, -0.1) is 0 Å². The van der Waals surface area contributed by atoms with E-state index in [1.165, 1.54) is 0 Å². The number of rotatable bonds is 8. The zero-order valence-corrected chi connectivity index (χ0v) is 22.0. The quantitative estimate of drug-likeness (QED) is 0.201. The van der Waals surface area contributed by atoms with Crippen molar-refractivity contribution in [1.82, 2.24) is 16.2 Å². The fourth-order valence-corrected chi connectivity index (χ4v) is 4.08. The summed E-state index contributed by atoms with van der Waals surface area (Å²) < 4.78 is 17.4. The SMILES string of the molecule is COCCOc1ccc(C(=O)NC(=S)NNC(=O)COc2ccc3ccccc3c2Br)cc1Br. The molecule has 178 valence electrons. The number of carbonyl (C=O) groups is 2. The molecule has 0 aliphatic heterocycles. The molecule has 0 aliphatic carbocycles. The van der Waals surface area contributed by atoms with E-state index >= 15 is 0 Å². The van der Waals surface area contributed by atoms with Crippen LogP contribution >= 0.6 is 44.1 Å². The lowest BCUT2D eigenvalue weighted by Crippen LogP contribution is -2.49. The molecule has 3 rings (SSSR count). The fraction of sp³-hybridized carbons (Fsp3) is 0.174. The van der Waals surface area contributed by atoms with E-state index in [0.29, 0.717) is 34.7 Å². The van der Waals surface area contributed by atoms with Gasteiger partial charge in [-0.25, -0.2) is 0 Å². The van der Waals surface area contributed by atoms with Crippen molar-refractivity contribution in [3.63, 3.8) is 0 Å². The van der Waals surface area contributed by atoms with Crippen molar-refractivity contribution in [3.8, 4) is 11.5 Å². The van der Waals surface area contributed by atoms with E-state index in [4.69, 9.17) is 26.4 Å². The minimum absolute atomic E-state index is 0.0678. The molecule has 0 spiro atoms. The number of fused-ring (bicyclic) bond motifs is 1. The van der Waals surface area contributed by atoms with Gasteiger partial charge in [0.25, 0.3) is 11.8 Å². The number of hydrogen-bond donors (Lipinski definition) is 3. The Morgan fingerprint density at radius 2 is 1.71 bits per heavy atom. The highest BCUT2D eigenvalue weighted by molar-refractivity contribution is 9.11. The lowest BCUT2D eigenvalue weighted by molar-refractivity contribution is -0.123. The highest BCUT2D eigenvalue weighted by atomic mass is 79.9. The first-order valence-electron chi connectivity index (χ1n) is 10.0. The van der Waals surface area contributed by atoms with Crippen LogP contribution in [0.4, 0.5) is 0 Å². The first kappa shape index (κ1) is 25.9. The number of methoxy groups -OCH3 is 1. The molecule has 2 amide bonds. The number of carbonyl (C=O) groups excluding carboxylic acids is 2. The van der Waals surface area contributed by atoms with Crippen molar-refractivity contribution in [1.29, 1.82) is 0 Å². The molecule has 3 aromatic carbocycles. The maximum absolute atomic E-state index is 12.4. The molecule has 11 heteroatoms. The summed E-state index contributed by atoms with van der Waals surface area (Å²) >= 11 is 12.0. The third-order valence-electron chi connectivity index (χ3n) is 4.47. The summed E-state index contributed by atoms with van der Waals surface area (Å²) in [4.78, 5) is 24.5. The van der Waals surface area contributed by atoms with Gasteiger partial charge in [-0.3, -0.25) is 25.8 Å². The number of benzene rings is 3. The number of hydrazine groups is 1. The van der Waals surface area contributed by atoms with Crippen LogP contribution in [0.5, 0.6) is 11.5 Å². The van der Waals surface area contributed by atoms with Gasteiger partial charge >= 0.3 is 0 Å². The monoisotopic (exact) mass is 609 g/mol. The van der Waals surface area contributed by atoms with Gasteiger partial charge in [0.1, 0.15) is 18.1 Å². The molecule has 8 nitrogen and oxygen atoms in total. The van der Waals surface area contributed by atoms with Crippen molar-refractivity contribution in [3.05, 3.63) is 69.1 Å². The van der Waals surface area contributed by atoms with Gasteiger partial charge in [-0.05, 0) is 79.1 Å². The molecule has 0 bridgehead atoms. The van der Waals surface area contributed by atoms with Crippen molar-refractivity contribution < 1.29 is 23.8 Å². The average Bonchev–Trinajstić information content (AvgIpc) is 2.83. The first-order valence-corrected chi connectivity index (χ1v) is 12.0. The maximum atomic E-state index is 12.4. The molecule has 0 radical (unpaired) electrons. The molecular formula is C23H21Br2N3O5S. The lowest BCUT2D eigenvalue weighted by Gasteiger charge is -2.13. The maximum Gasteiger partial charge on any atom is 0.276 e. The molecule has 0 heterocycles. The topological polar surface area (TPSA) is 97.9 Å². The van der Waals surface area contributed by atoms with Gasteiger partial charge < -0.3 is 14.2 Å². The van der Waals surface area contributed by atoms with Crippen LogP contribution in [-0.2, 0) is 9.53 Å². The van der Waals surface area contributed by atoms with Gasteiger partial charge in [0.05, 0.1) is 15.6 Å². The Labute approximate surface area is 218 Å². The van der Waals surface area contributed by atoms with Crippen LogP contribution < -0.4 is 25.6 Å². The predicted molar refractivity (Wildman–Crippen MR) is 140 cm³/mol. The highest BCUT2D eigenvalue weighted by Crippen LogP contribution is 2.33. The van der Waals surface area contributed by atoms with Gasteiger partial charge in [0, 0.05) is 12.7 Å². The van der Waals surface area contributed by atoms with Crippen molar-refractivity contribution in [2.75, 3.05) is 26.9 Å². The summed E-state index contributed by atoms with van der Waals surface area (Å²) in [5.41, 5.74) is 5.22. The Kier molecular flexibility index (Phi) is 9.63. The third kappa shape index (κ3) is 7.13. The zero-order valence-electron chi connectivity index (χ0n) is 18.0. The Hall–Kier alpha value is -2.73. The Balaban J connectivity index is 1.45. The number of ether oxygens (including phenoxy) is 3. The zero-order chi connectivity index (χ0) is 24.5. The van der Waals surface area contributed by atoms with Crippen LogP contribution in [0, 0.1) is 0 Å². The molecule has 0 fully saturated rings. The molecular weight excluding hydrogens is 590 g/mol. The number of hydrogen-bond acceptors (Lipinski definition) is 6. The van der Waals surface area contributed by atoms with Gasteiger partial charge in [0.2, 0.25) is 0 Å². The lowest BCUT2D eigenvalue weighted by atomic mass is 10.1. The second kappa shape index (κ2) is 12.7. The Morgan fingerprint density at radius 1 is 0.941 bits per heavy atom. The van der Waals surface area contributed by atoms with Crippen molar-refractivity contribution in [2.45, 2.75) is 0 Å². The number of nitrogens with one attached hydrogen (secondary N) is 3. The van der Waals surface area contributed by atoms with E-state index in [-0.39, 0.29) is 11.7 Å². The van der Waals surface area contributed by atoms with Gasteiger partial charge in [0.15, 0.2) is 11.7 Å². The van der Waals surface area contributed by atoms with Gasteiger partial charge in [-0.1, -0.05) is 30.3 Å². The van der Waals surface area contributed by atoms with E-state index in [0.717, 1.165) is 15.2 Å². The van der Waals surface area contributed by atoms with Crippen molar-refractivity contribution in [2.24, 2.45) is 0 Å². The minimum Gasteiger partial charge on any atom is -0.490 e. The summed E-state index contributed by atoms with van der Waals surface area (Å²) in [7, 11) is 1.59. The fourth-order valence-electron chi connectivity index (χ4n) is 2.83. The highest BCUT2D eigenvalue weighted by Gasteiger charge is 2.12. The van der Waals surface area contributed by atoms with Crippen LogP contribution in [0.1, 0.15) is 10.4 Å². The number of thiocarbonyl (C=S) groups is 1. The van der Waals surface area contributed by atoms with Crippen molar-refractivity contribution >= 4 is 71.8 Å². The van der Waals surface area contributed by atoms with E-state index in [2.05, 4.69) is 48.0 Å². The van der Waals surface area contributed by atoms with E-state index in [9.17, 15) is 9.59 Å². The summed E-state index contributed by atoms with van der Waals surface area (Å²) in [6.45, 7) is 0.582. The average molecular weight is 611 g/mol. The largest absolute Gasteiger partial charge is 0.490 e. The first-order chi connectivity index (χ1) is 16.4. The van der Waals surface area contributed by atoms with E-state index in [1.807, 2.05) is 30.3 Å². The summed E-state index contributed by atoms with van der Waals surface area (Å²) in [6, 6.07) is 16.4. The Bertz CT molecular complexity index is 1210. The second-order valence-corrected chi connectivity index (χ2v) is 8.89. The summed E-state index contributed by atoms with van der Waals surface area (Å²) in [5.74, 6) is 0.189. The molecule has 3 N–H and O–H groups in total. The molecule has 0 saturated carbocycles.